The third-order valence-electron chi connectivity index (χ3n) is 2.05. The van der Waals surface area contributed by atoms with Crippen molar-refractivity contribution in [1.82, 2.24) is 9.97 Å². The van der Waals surface area contributed by atoms with E-state index in [1.165, 1.54) is 12.4 Å². The number of hydrogen-bond acceptors (Lipinski definition) is 4. The summed E-state index contributed by atoms with van der Waals surface area (Å²) in [6, 6.07) is 0. The molecule has 14 heavy (non-hydrogen) atoms. The average Bonchev–Trinajstić information content (AvgIpc) is 2.19. The molecule has 0 radical (unpaired) electrons. The maximum Gasteiger partial charge on any atom is 0.293 e. The molecule has 0 saturated carbocycles. The molecular weight excluding hydrogens is 192 g/mol. The van der Waals surface area contributed by atoms with Gasteiger partial charge in [0.25, 0.3) is 5.92 Å². The van der Waals surface area contributed by atoms with Crippen molar-refractivity contribution >= 4 is 0 Å². The zero-order valence-electron chi connectivity index (χ0n) is 7.61. The SMILES string of the molecule is C[C@](N)(c1cnccn1)C(F)(F)CO. The molecule has 1 aromatic rings. The molecule has 0 fully saturated rings. The molecule has 0 aliphatic carbocycles. The lowest BCUT2D eigenvalue weighted by Gasteiger charge is -2.31. The van der Waals surface area contributed by atoms with E-state index < -0.39 is 18.1 Å². The van der Waals surface area contributed by atoms with Crippen molar-refractivity contribution in [2.24, 2.45) is 5.73 Å². The van der Waals surface area contributed by atoms with Crippen molar-refractivity contribution in [3.8, 4) is 0 Å². The topological polar surface area (TPSA) is 72.0 Å². The molecule has 6 heteroatoms. The van der Waals surface area contributed by atoms with Gasteiger partial charge in [0.05, 0.1) is 11.9 Å². The van der Waals surface area contributed by atoms with Gasteiger partial charge < -0.3 is 10.8 Å². The van der Waals surface area contributed by atoms with Crippen LogP contribution in [0.3, 0.4) is 0 Å². The van der Waals surface area contributed by atoms with E-state index in [-0.39, 0.29) is 5.69 Å². The highest BCUT2D eigenvalue weighted by atomic mass is 19.3. The molecule has 0 bridgehead atoms. The Morgan fingerprint density at radius 3 is 2.57 bits per heavy atom. The van der Waals surface area contributed by atoms with Gasteiger partial charge in [0.15, 0.2) is 0 Å². The first kappa shape index (κ1) is 10.9. The summed E-state index contributed by atoms with van der Waals surface area (Å²) >= 11 is 0. The first-order valence-electron chi connectivity index (χ1n) is 3.96. The van der Waals surface area contributed by atoms with Crippen LogP contribution in [-0.4, -0.2) is 27.6 Å². The molecule has 1 atom stereocenters. The molecule has 1 heterocycles. The number of aromatic nitrogens is 2. The number of aliphatic hydroxyl groups is 1. The summed E-state index contributed by atoms with van der Waals surface area (Å²) in [7, 11) is 0. The second kappa shape index (κ2) is 3.55. The van der Waals surface area contributed by atoms with Crippen LogP contribution >= 0.6 is 0 Å². The van der Waals surface area contributed by atoms with Crippen molar-refractivity contribution in [1.29, 1.82) is 0 Å². The predicted octanol–water partition coefficient (Wildman–Crippen LogP) is 0.278. The highest BCUT2D eigenvalue weighted by Crippen LogP contribution is 2.33. The smallest absolute Gasteiger partial charge is 0.293 e. The second-order valence-electron chi connectivity index (χ2n) is 3.16. The standard InChI is InChI=1S/C8H11F2N3O/c1-7(11,8(9,10)5-14)6-4-12-2-3-13-6/h2-4,14H,5,11H2,1H3/t7-/m0/s1. The van der Waals surface area contributed by atoms with Crippen molar-refractivity contribution in [2.45, 2.75) is 18.4 Å². The molecule has 4 nitrogen and oxygen atoms in total. The van der Waals surface area contributed by atoms with Crippen LogP contribution in [0.25, 0.3) is 0 Å². The zero-order valence-corrected chi connectivity index (χ0v) is 7.61. The largest absolute Gasteiger partial charge is 0.390 e. The van der Waals surface area contributed by atoms with E-state index in [2.05, 4.69) is 9.97 Å². The number of rotatable bonds is 3. The third kappa shape index (κ3) is 1.71. The number of nitrogens with two attached hydrogens (primary N) is 1. The summed E-state index contributed by atoms with van der Waals surface area (Å²) in [4.78, 5) is 7.33. The Morgan fingerprint density at radius 2 is 2.14 bits per heavy atom. The van der Waals surface area contributed by atoms with Crippen LogP contribution in [0.1, 0.15) is 12.6 Å². The third-order valence-corrected chi connectivity index (χ3v) is 2.05. The molecule has 0 saturated heterocycles. The molecule has 0 aliphatic rings. The summed E-state index contributed by atoms with van der Waals surface area (Å²) in [6.45, 7) is -0.218. The molecule has 0 aliphatic heterocycles. The summed E-state index contributed by atoms with van der Waals surface area (Å²) in [5.74, 6) is -3.43. The molecule has 3 N–H and O–H groups in total. The summed E-state index contributed by atoms with van der Waals surface area (Å²) < 4.78 is 26.3. The first-order valence-corrected chi connectivity index (χ1v) is 3.96. The summed E-state index contributed by atoms with van der Waals surface area (Å²) in [6.07, 6.45) is 3.79. The van der Waals surface area contributed by atoms with Crippen LogP contribution in [0.4, 0.5) is 8.78 Å². The summed E-state index contributed by atoms with van der Waals surface area (Å²) in [5, 5.41) is 8.51. The van der Waals surface area contributed by atoms with Crippen LogP contribution in [-0.2, 0) is 5.54 Å². The quantitative estimate of drug-likeness (QED) is 0.740. The minimum Gasteiger partial charge on any atom is -0.390 e. The lowest BCUT2D eigenvalue weighted by molar-refractivity contribution is -0.109. The fourth-order valence-corrected chi connectivity index (χ4v) is 0.919. The van der Waals surface area contributed by atoms with Gasteiger partial charge in [-0.3, -0.25) is 9.97 Å². The zero-order chi connectivity index (χ0) is 10.8. The molecule has 0 aromatic carbocycles. The minimum atomic E-state index is -3.43. The van der Waals surface area contributed by atoms with Crippen LogP contribution in [0.15, 0.2) is 18.6 Å². The van der Waals surface area contributed by atoms with Gasteiger partial charge in [0.1, 0.15) is 12.1 Å². The Labute approximate surface area is 79.8 Å². The maximum atomic E-state index is 13.2. The van der Waals surface area contributed by atoms with Crippen molar-refractivity contribution in [3.63, 3.8) is 0 Å². The van der Waals surface area contributed by atoms with E-state index in [1.807, 2.05) is 0 Å². The molecule has 78 valence electrons. The van der Waals surface area contributed by atoms with Crippen LogP contribution in [0.2, 0.25) is 0 Å². The Morgan fingerprint density at radius 1 is 1.50 bits per heavy atom. The molecule has 0 spiro atoms. The van der Waals surface area contributed by atoms with Crippen LogP contribution in [0, 0.1) is 0 Å². The van der Waals surface area contributed by atoms with Gasteiger partial charge in [-0.2, -0.15) is 0 Å². The molecule has 0 unspecified atom stereocenters. The Bertz CT molecular complexity index is 303. The fourth-order valence-electron chi connectivity index (χ4n) is 0.919. The lowest BCUT2D eigenvalue weighted by atomic mass is 9.92. The predicted molar refractivity (Wildman–Crippen MR) is 45.6 cm³/mol. The van der Waals surface area contributed by atoms with E-state index in [0.717, 1.165) is 13.1 Å². The van der Waals surface area contributed by atoms with Crippen molar-refractivity contribution in [3.05, 3.63) is 24.3 Å². The normalized spacial score (nSPS) is 16.4. The van der Waals surface area contributed by atoms with Gasteiger partial charge in [-0.1, -0.05) is 0 Å². The highest BCUT2D eigenvalue weighted by Gasteiger charge is 2.49. The van der Waals surface area contributed by atoms with E-state index in [4.69, 9.17) is 10.8 Å². The Hall–Kier alpha value is -1.14. The number of nitrogens with zero attached hydrogens (tertiary/aromatic N) is 2. The fraction of sp³-hybridized carbons (Fsp3) is 0.500. The van der Waals surface area contributed by atoms with Crippen LogP contribution < -0.4 is 5.73 Å². The monoisotopic (exact) mass is 203 g/mol. The van der Waals surface area contributed by atoms with Gasteiger partial charge in [0, 0.05) is 12.4 Å². The highest BCUT2D eigenvalue weighted by molar-refractivity contribution is 5.14. The summed E-state index contributed by atoms with van der Waals surface area (Å²) in [5.41, 5.74) is 3.34. The minimum absolute atomic E-state index is 0.0564. The van der Waals surface area contributed by atoms with Crippen molar-refractivity contribution < 1.29 is 13.9 Å². The number of alkyl halides is 2. The second-order valence-corrected chi connectivity index (χ2v) is 3.16. The molecule has 1 rings (SSSR count). The van der Waals surface area contributed by atoms with Gasteiger partial charge in [-0.05, 0) is 6.92 Å². The van der Waals surface area contributed by atoms with E-state index >= 15 is 0 Å². The van der Waals surface area contributed by atoms with Gasteiger partial charge in [-0.25, -0.2) is 8.78 Å². The van der Waals surface area contributed by atoms with Gasteiger partial charge in [0.2, 0.25) is 0 Å². The lowest BCUT2D eigenvalue weighted by Crippen LogP contribution is -2.53. The van der Waals surface area contributed by atoms with Crippen molar-refractivity contribution in [2.75, 3.05) is 6.61 Å². The number of hydrogen-bond donors (Lipinski definition) is 2. The maximum absolute atomic E-state index is 13.2. The Kier molecular flexibility index (Phi) is 2.77. The van der Waals surface area contributed by atoms with Crippen LogP contribution in [0.5, 0.6) is 0 Å². The van der Waals surface area contributed by atoms with E-state index in [1.54, 1.807) is 0 Å². The van der Waals surface area contributed by atoms with Gasteiger partial charge in [-0.15, -0.1) is 0 Å². The van der Waals surface area contributed by atoms with E-state index in [9.17, 15) is 8.78 Å². The first-order chi connectivity index (χ1) is 6.42. The molecular formula is C8H11F2N3O. The molecule has 1 aromatic heterocycles. The number of aliphatic hydroxyl groups excluding tert-OH is 1. The number of halogens is 2. The van der Waals surface area contributed by atoms with Gasteiger partial charge >= 0.3 is 0 Å². The molecule has 0 amide bonds. The Balaban J connectivity index is 3.08. The van der Waals surface area contributed by atoms with E-state index in [0.29, 0.717) is 0 Å². The average molecular weight is 203 g/mol.